The second-order valence-electron chi connectivity index (χ2n) is 6.30. The Morgan fingerprint density at radius 1 is 1.12 bits per heavy atom. The van der Waals surface area contributed by atoms with Crippen LogP contribution in [0.3, 0.4) is 0 Å². The Bertz CT molecular complexity index is 932. The Labute approximate surface area is 148 Å². The first-order valence-corrected chi connectivity index (χ1v) is 8.30. The minimum absolute atomic E-state index is 0.105. The van der Waals surface area contributed by atoms with E-state index in [0.717, 1.165) is 10.1 Å². The van der Waals surface area contributed by atoms with Gasteiger partial charge in [0.15, 0.2) is 0 Å². The summed E-state index contributed by atoms with van der Waals surface area (Å²) in [6, 6.07) is 10.6. The van der Waals surface area contributed by atoms with E-state index in [1.165, 1.54) is 21.7 Å². The van der Waals surface area contributed by atoms with E-state index in [2.05, 4.69) is 0 Å². The maximum Gasteiger partial charge on any atom is 0.331 e. The van der Waals surface area contributed by atoms with E-state index in [9.17, 15) is 19.2 Å². The number of nitrogens with zero attached hydrogens (tertiary/aromatic N) is 3. The van der Waals surface area contributed by atoms with Crippen LogP contribution in [-0.2, 0) is 22.7 Å². The number of rotatable bonds is 5. The summed E-state index contributed by atoms with van der Waals surface area (Å²) in [7, 11) is 0. The van der Waals surface area contributed by atoms with Gasteiger partial charge in [-0.3, -0.25) is 23.5 Å². The van der Waals surface area contributed by atoms with E-state index in [1.807, 2.05) is 30.3 Å². The largest absolute Gasteiger partial charge is 0.481 e. The highest BCUT2D eigenvalue weighted by Crippen LogP contribution is 2.16. The lowest BCUT2D eigenvalue weighted by Gasteiger charge is -2.17. The molecule has 136 valence electrons. The molecule has 26 heavy (non-hydrogen) atoms. The molecule has 0 radical (unpaired) electrons. The molecule has 2 heterocycles. The van der Waals surface area contributed by atoms with Gasteiger partial charge in [-0.1, -0.05) is 30.3 Å². The number of benzene rings is 1. The van der Waals surface area contributed by atoms with E-state index < -0.39 is 29.0 Å². The van der Waals surface area contributed by atoms with Crippen LogP contribution in [0.2, 0.25) is 0 Å². The van der Waals surface area contributed by atoms with Crippen LogP contribution in [0.15, 0.2) is 52.2 Å². The van der Waals surface area contributed by atoms with Gasteiger partial charge in [-0.2, -0.15) is 0 Å². The van der Waals surface area contributed by atoms with Crippen LogP contribution in [0.4, 0.5) is 0 Å². The molecular weight excluding hydrogens is 338 g/mol. The van der Waals surface area contributed by atoms with E-state index >= 15 is 0 Å². The average molecular weight is 357 g/mol. The van der Waals surface area contributed by atoms with Crippen molar-refractivity contribution >= 4 is 11.9 Å². The number of aromatic nitrogens is 2. The van der Waals surface area contributed by atoms with Crippen molar-refractivity contribution in [2.24, 2.45) is 5.92 Å². The second-order valence-corrected chi connectivity index (χ2v) is 6.30. The molecule has 1 fully saturated rings. The predicted octanol–water partition coefficient (Wildman–Crippen LogP) is -0.00860. The first-order chi connectivity index (χ1) is 12.5. The molecule has 8 nitrogen and oxygen atoms in total. The molecule has 3 rings (SSSR count). The number of carbonyl (C=O) groups excluding carboxylic acids is 1. The molecule has 0 spiro atoms. The summed E-state index contributed by atoms with van der Waals surface area (Å²) in [6.45, 7) is 0.322. The molecule has 1 aliphatic heterocycles. The van der Waals surface area contributed by atoms with Crippen LogP contribution in [0.25, 0.3) is 0 Å². The second kappa shape index (κ2) is 7.38. The van der Waals surface area contributed by atoms with E-state index in [1.54, 1.807) is 0 Å². The van der Waals surface area contributed by atoms with Gasteiger partial charge >= 0.3 is 11.7 Å². The SMILES string of the molecule is O=C(O)C1CCN(C(=O)Cn2c(=O)ccn(Cc3ccccc3)c2=O)C1. The van der Waals surface area contributed by atoms with Crippen molar-refractivity contribution in [2.75, 3.05) is 13.1 Å². The Kier molecular flexibility index (Phi) is 5.01. The van der Waals surface area contributed by atoms with Gasteiger partial charge in [0.05, 0.1) is 12.5 Å². The molecule has 0 saturated carbocycles. The van der Waals surface area contributed by atoms with Gasteiger partial charge < -0.3 is 10.0 Å². The summed E-state index contributed by atoms with van der Waals surface area (Å²) in [4.78, 5) is 49.4. The van der Waals surface area contributed by atoms with Crippen molar-refractivity contribution in [1.29, 1.82) is 0 Å². The van der Waals surface area contributed by atoms with E-state index in [-0.39, 0.29) is 13.1 Å². The van der Waals surface area contributed by atoms with Crippen LogP contribution in [0.1, 0.15) is 12.0 Å². The van der Waals surface area contributed by atoms with Crippen molar-refractivity contribution in [1.82, 2.24) is 14.0 Å². The zero-order chi connectivity index (χ0) is 18.7. The maximum atomic E-state index is 12.6. The molecule has 1 saturated heterocycles. The zero-order valence-corrected chi connectivity index (χ0v) is 14.1. The van der Waals surface area contributed by atoms with Crippen molar-refractivity contribution in [3.63, 3.8) is 0 Å². The van der Waals surface area contributed by atoms with Crippen LogP contribution in [0, 0.1) is 5.92 Å². The Hall–Kier alpha value is -3.16. The lowest BCUT2D eigenvalue weighted by atomic mass is 10.1. The fourth-order valence-electron chi connectivity index (χ4n) is 3.03. The van der Waals surface area contributed by atoms with Crippen molar-refractivity contribution in [2.45, 2.75) is 19.5 Å². The molecule has 1 aromatic carbocycles. The number of hydrogen-bond donors (Lipinski definition) is 1. The summed E-state index contributed by atoms with van der Waals surface area (Å²) in [5, 5.41) is 9.02. The van der Waals surface area contributed by atoms with Gasteiger partial charge in [0.2, 0.25) is 5.91 Å². The van der Waals surface area contributed by atoms with Crippen LogP contribution in [0.5, 0.6) is 0 Å². The molecule has 0 aliphatic carbocycles. The normalized spacial score (nSPS) is 16.6. The number of amides is 1. The highest BCUT2D eigenvalue weighted by Gasteiger charge is 2.31. The standard InChI is InChI=1S/C18H19N3O5/c22-15-7-9-20(10-13-4-2-1-3-5-13)18(26)21(15)12-16(23)19-8-6-14(11-19)17(24)25/h1-5,7,9,14H,6,8,10-12H2,(H,24,25). The number of carboxylic acid groups (broad SMARTS) is 1. The fraction of sp³-hybridized carbons (Fsp3) is 0.333. The topological polar surface area (TPSA) is 102 Å². The smallest absolute Gasteiger partial charge is 0.331 e. The number of likely N-dealkylation sites (tertiary alicyclic amines) is 1. The first-order valence-electron chi connectivity index (χ1n) is 8.30. The summed E-state index contributed by atoms with van der Waals surface area (Å²) in [5.74, 6) is -1.96. The van der Waals surface area contributed by atoms with Gasteiger partial charge in [-0.05, 0) is 12.0 Å². The minimum atomic E-state index is -0.942. The maximum absolute atomic E-state index is 12.6. The van der Waals surface area contributed by atoms with Crippen molar-refractivity contribution in [3.05, 3.63) is 69.0 Å². The molecule has 1 aliphatic rings. The van der Waals surface area contributed by atoms with Crippen LogP contribution < -0.4 is 11.2 Å². The number of hydrogen-bond acceptors (Lipinski definition) is 4. The molecule has 0 bridgehead atoms. The summed E-state index contributed by atoms with van der Waals surface area (Å²) >= 11 is 0. The molecule has 1 atom stereocenters. The summed E-state index contributed by atoms with van der Waals surface area (Å²) < 4.78 is 2.26. The number of aliphatic carboxylic acids is 1. The highest BCUT2D eigenvalue weighted by atomic mass is 16.4. The number of carbonyl (C=O) groups is 2. The van der Waals surface area contributed by atoms with Gasteiger partial charge in [-0.25, -0.2) is 4.79 Å². The Morgan fingerprint density at radius 2 is 1.85 bits per heavy atom. The molecule has 1 unspecified atom stereocenters. The summed E-state index contributed by atoms with van der Waals surface area (Å²) in [5.41, 5.74) is -0.222. The molecular formula is C18H19N3O5. The van der Waals surface area contributed by atoms with E-state index in [4.69, 9.17) is 5.11 Å². The lowest BCUT2D eigenvalue weighted by Crippen LogP contribution is -2.44. The summed E-state index contributed by atoms with van der Waals surface area (Å²) in [6.07, 6.45) is 1.79. The quantitative estimate of drug-likeness (QED) is 0.811. The first kappa shape index (κ1) is 17.7. The monoisotopic (exact) mass is 357 g/mol. The minimum Gasteiger partial charge on any atom is -0.481 e. The number of carboxylic acids is 1. The third-order valence-electron chi connectivity index (χ3n) is 4.52. The molecule has 2 aromatic rings. The van der Waals surface area contributed by atoms with Gasteiger partial charge in [0.1, 0.15) is 6.54 Å². The zero-order valence-electron chi connectivity index (χ0n) is 14.1. The van der Waals surface area contributed by atoms with Gasteiger partial charge in [0, 0.05) is 25.4 Å². The van der Waals surface area contributed by atoms with Crippen LogP contribution >= 0.6 is 0 Å². The van der Waals surface area contributed by atoms with Crippen molar-refractivity contribution < 1.29 is 14.7 Å². The van der Waals surface area contributed by atoms with Gasteiger partial charge in [-0.15, -0.1) is 0 Å². The Morgan fingerprint density at radius 3 is 2.50 bits per heavy atom. The lowest BCUT2D eigenvalue weighted by molar-refractivity contribution is -0.141. The highest BCUT2D eigenvalue weighted by molar-refractivity contribution is 5.78. The van der Waals surface area contributed by atoms with E-state index in [0.29, 0.717) is 19.5 Å². The predicted molar refractivity (Wildman–Crippen MR) is 92.8 cm³/mol. The molecule has 8 heteroatoms. The van der Waals surface area contributed by atoms with Crippen LogP contribution in [-0.4, -0.2) is 44.1 Å². The Balaban J connectivity index is 1.79. The van der Waals surface area contributed by atoms with Gasteiger partial charge in [0.25, 0.3) is 5.56 Å². The fourth-order valence-corrected chi connectivity index (χ4v) is 3.03. The average Bonchev–Trinajstić information content (AvgIpc) is 3.12. The van der Waals surface area contributed by atoms with Crippen molar-refractivity contribution in [3.8, 4) is 0 Å². The molecule has 1 aromatic heterocycles. The third kappa shape index (κ3) is 3.74. The third-order valence-corrected chi connectivity index (χ3v) is 4.52. The molecule has 1 N–H and O–H groups in total. The molecule has 1 amide bonds.